The molecule has 45 heavy (non-hydrogen) atoms. The Labute approximate surface area is 264 Å². The van der Waals surface area contributed by atoms with Gasteiger partial charge < -0.3 is 30.1 Å². The third-order valence-corrected chi connectivity index (χ3v) is 8.34. The van der Waals surface area contributed by atoms with Crippen LogP contribution < -0.4 is 15.4 Å². The van der Waals surface area contributed by atoms with Gasteiger partial charge in [-0.15, -0.1) is 0 Å². The van der Waals surface area contributed by atoms with Crippen molar-refractivity contribution in [2.45, 2.75) is 83.6 Å². The Hall–Kier alpha value is -4.44. The topological polar surface area (TPSA) is 122 Å². The van der Waals surface area contributed by atoms with Crippen molar-refractivity contribution in [2.24, 2.45) is 0 Å². The zero-order valence-electron chi connectivity index (χ0n) is 26.4. The molecule has 3 atom stereocenters. The molecule has 6 rings (SSSR count). The Balaban J connectivity index is 1.23. The number of aliphatic hydroxyl groups excluding tert-OH is 1. The molecule has 0 bridgehead atoms. The first-order valence-corrected chi connectivity index (χ1v) is 15.8. The molecule has 10 nitrogen and oxygen atoms in total. The number of likely N-dealkylation sites (tertiary alicyclic amines) is 1. The summed E-state index contributed by atoms with van der Waals surface area (Å²) < 4.78 is 12.2. The van der Waals surface area contributed by atoms with Gasteiger partial charge in [0.15, 0.2) is 0 Å². The molecule has 3 heterocycles. The fraction of sp³-hybridized carbons (Fsp3) is 0.429. The van der Waals surface area contributed by atoms with Gasteiger partial charge in [-0.05, 0) is 89.6 Å². The maximum Gasteiger partial charge on any atom is 0.410 e. The van der Waals surface area contributed by atoms with Crippen molar-refractivity contribution >= 4 is 28.5 Å². The van der Waals surface area contributed by atoms with E-state index in [9.17, 15) is 9.90 Å². The average molecular weight is 611 g/mol. The minimum atomic E-state index is -0.541. The lowest BCUT2D eigenvalue weighted by Crippen LogP contribution is -2.47. The van der Waals surface area contributed by atoms with Gasteiger partial charge in [-0.1, -0.05) is 24.3 Å². The number of carbonyl (C=O) groups excluding carboxylic acids is 1. The number of carbonyl (C=O) groups is 1. The molecule has 3 unspecified atom stereocenters. The van der Waals surface area contributed by atoms with Crippen molar-refractivity contribution in [1.82, 2.24) is 19.9 Å². The fourth-order valence-electron chi connectivity index (χ4n) is 6.12. The van der Waals surface area contributed by atoms with Gasteiger partial charge in [0.25, 0.3) is 0 Å². The molecule has 1 aliphatic carbocycles. The van der Waals surface area contributed by atoms with Gasteiger partial charge in [0, 0.05) is 48.0 Å². The molecule has 1 aliphatic heterocycles. The smallest absolute Gasteiger partial charge is 0.410 e. The number of ether oxygens (including phenoxy) is 2. The van der Waals surface area contributed by atoms with Crippen LogP contribution >= 0.6 is 0 Å². The van der Waals surface area contributed by atoms with Crippen LogP contribution in [-0.2, 0) is 4.74 Å². The van der Waals surface area contributed by atoms with Crippen molar-refractivity contribution in [3.8, 4) is 22.9 Å². The lowest BCUT2D eigenvalue weighted by molar-refractivity contribution is 0.0206. The Bertz CT molecular complexity index is 1670. The van der Waals surface area contributed by atoms with Crippen LogP contribution in [0.4, 0.5) is 16.4 Å². The zero-order chi connectivity index (χ0) is 31.6. The van der Waals surface area contributed by atoms with Crippen LogP contribution in [0.15, 0.2) is 60.9 Å². The first-order valence-electron chi connectivity index (χ1n) is 15.8. The minimum absolute atomic E-state index is 0.00220. The van der Waals surface area contributed by atoms with Crippen molar-refractivity contribution in [2.75, 3.05) is 23.7 Å². The summed E-state index contributed by atoms with van der Waals surface area (Å²) in [5, 5.41) is 19.4. The number of aliphatic hydroxyl groups is 1. The summed E-state index contributed by atoms with van der Waals surface area (Å²) in [6.07, 6.45) is 7.33. The highest BCUT2D eigenvalue weighted by atomic mass is 16.6. The normalized spacial score (nSPS) is 20.2. The number of benzene rings is 2. The number of aromatic nitrogens is 3. The Morgan fingerprint density at radius 2 is 1.82 bits per heavy atom. The molecule has 1 amide bonds. The molecule has 2 fully saturated rings. The molecule has 1 saturated heterocycles. The summed E-state index contributed by atoms with van der Waals surface area (Å²) in [6, 6.07) is 15.9. The van der Waals surface area contributed by atoms with Gasteiger partial charge in [-0.2, -0.15) is 0 Å². The number of nitrogens with one attached hydrogen (secondary N) is 2. The van der Waals surface area contributed by atoms with Gasteiger partial charge in [-0.25, -0.2) is 19.7 Å². The monoisotopic (exact) mass is 610 g/mol. The van der Waals surface area contributed by atoms with Crippen LogP contribution in [-0.4, -0.2) is 67.9 Å². The largest absolute Gasteiger partial charge is 0.444 e. The summed E-state index contributed by atoms with van der Waals surface area (Å²) in [7, 11) is 0. The van der Waals surface area contributed by atoms with Gasteiger partial charge in [0.1, 0.15) is 11.4 Å². The van der Waals surface area contributed by atoms with E-state index >= 15 is 0 Å². The Morgan fingerprint density at radius 3 is 2.62 bits per heavy atom. The van der Waals surface area contributed by atoms with Crippen molar-refractivity contribution < 1.29 is 19.4 Å². The number of aryl methyl sites for hydroxylation is 1. The number of rotatable bonds is 7. The van der Waals surface area contributed by atoms with E-state index in [0.29, 0.717) is 30.6 Å². The molecule has 2 aromatic heterocycles. The summed E-state index contributed by atoms with van der Waals surface area (Å²) >= 11 is 0. The average Bonchev–Trinajstić information content (AvgIpc) is 3.42. The summed E-state index contributed by atoms with van der Waals surface area (Å²) in [5.74, 6) is 1.64. The lowest BCUT2D eigenvalue weighted by atomic mass is 10.0. The van der Waals surface area contributed by atoms with Crippen molar-refractivity contribution in [1.29, 1.82) is 0 Å². The third-order valence-electron chi connectivity index (χ3n) is 8.34. The quantitative estimate of drug-likeness (QED) is 0.204. The number of hydrogen-bond donors (Lipinski definition) is 3. The van der Waals surface area contributed by atoms with Gasteiger partial charge in [0.05, 0.1) is 23.4 Å². The van der Waals surface area contributed by atoms with Crippen molar-refractivity contribution in [3.63, 3.8) is 0 Å². The van der Waals surface area contributed by atoms with E-state index < -0.39 is 5.60 Å². The number of amides is 1. The first kappa shape index (κ1) is 30.6. The molecule has 0 radical (unpaired) electrons. The van der Waals surface area contributed by atoms with E-state index in [1.54, 1.807) is 17.3 Å². The van der Waals surface area contributed by atoms with E-state index in [2.05, 4.69) is 26.7 Å². The Morgan fingerprint density at radius 1 is 0.956 bits per heavy atom. The number of anilines is 2. The van der Waals surface area contributed by atoms with E-state index in [0.717, 1.165) is 65.4 Å². The molecular formula is C35H42N6O4. The first-order chi connectivity index (χ1) is 21.6. The second kappa shape index (κ2) is 12.9. The maximum atomic E-state index is 12.7. The highest BCUT2D eigenvalue weighted by Gasteiger charge is 2.28. The van der Waals surface area contributed by atoms with Gasteiger partial charge in [0.2, 0.25) is 11.8 Å². The summed E-state index contributed by atoms with van der Waals surface area (Å²) in [4.78, 5) is 28.3. The van der Waals surface area contributed by atoms with Gasteiger partial charge >= 0.3 is 6.09 Å². The molecule has 236 valence electrons. The van der Waals surface area contributed by atoms with Crippen LogP contribution in [0, 0.1) is 6.92 Å². The molecule has 3 N–H and O–H groups in total. The number of pyridine rings is 1. The second-order valence-corrected chi connectivity index (χ2v) is 13.0. The highest BCUT2D eigenvalue weighted by Crippen LogP contribution is 2.39. The number of nitrogens with zero attached hydrogens (tertiary/aromatic N) is 4. The van der Waals surface area contributed by atoms with Crippen LogP contribution in [0.3, 0.4) is 0 Å². The molecular weight excluding hydrogens is 568 g/mol. The summed E-state index contributed by atoms with van der Waals surface area (Å²) in [6.45, 7) is 8.83. The molecule has 2 aliphatic rings. The van der Waals surface area contributed by atoms with E-state index in [-0.39, 0.29) is 24.3 Å². The van der Waals surface area contributed by atoms with Crippen LogP contribution in [0.1, 0.15) is 58.4 Å². The molecule has 2 aromatic carbocycles. The lowest BCUT2D eigenvalue weighted by Gasteiger charge is -2.34. The Kier molecular flexibility index (Phi) is 8.76. The van der Waals surface area contributed by atoms with Crippen LogP contribution in [0.2, 0.25) is 0 Å². The van der Waals surface area contributed by atoms with E-state index in [1.807, 2.05) is 70.2 Å². The molecule has 0 spiro atoms. The van der Waals surface area contributed by atoms with Crippen molar-refractivity contribution in [3.05, 3.63) is 66.5 Å². The van der Waals surface area contributed by atoms with E-state index in [1.165, 1.54) is 0 Å². The zero-order valence-corrected chi connectivity index (χ0v) is 26.4. The molecule has 1 saturated carbocycles. The van der Waals surface area contributed by atoms with Gasteiger partial charge in [-0.3, -0.25) is 0 Å². The predicted octanol–water partition coefficient (Wildman–Crippen LogP) is 6.93. The molecule has 10 heteroatoms. The number of fused-ring (bicyclic) bond motifs is 1. The fourth-order valence-corrected chi connectivity index (χ4v) is 6.12. The maximum absolute atomic E-state index is 12.7. The van der Waals surface area contributed by atoms with Crippen LogP contribution in [0.5, 0.6) is 11.6 Å². The predicted molar refractivity (Wildman–Crippen MR) is 176 cm³/mol. The SMILES string of the molecule is Cc1ccc2c(NC3CCCC3O)cccc2c1Oc1ncccc1-c1ccnc(NC2CCCN(C(=O)OC(C)(C)C)C2)n1. The second-order valence-electron chi connectivity index (χ2n) is 13.0. The highest BCUT2D eigenvalue weighted by molar-refractivity contribution is 5.98. The minimum Gasteiger partial charge on any atom is -0.444 e. The third kappa shape index (κ3) is 7.12. The molecule has 4 aromatic rings. The summed E-state index contributed by atoms with van der Waals surface area (Å²) in [5.41, 5.74) is 2.83. The number of piperidine rings is 1. The van der Waals surface area contributed by atoms with Crippen LogP contribution in [0.25, 0.3) is 22.0 Å². The van der Waals surface area contributed by atoms with E-state index in [4.69, 9.17) is 14.5 Å². The standard InChI is InChI=1S/C35H42N6O4/c1-22-15-16-24-25(10-5-12-27(24)39-29-13-6-14-30(29)42)31(22)44-32-26(11-7-18-36-32)28-17-19-37-33(40-28)38-23-9-8-20-41(21-23)34(43)45-35(2,3)4/h5,7,10-12,15-19,23,29-30,39,42H,6,8-9,13-14,20-21H2,1-4H3,(H,37,38,40). The number of hydrogen-bond acceptors (Lipinski definition) is 9.